The van der Waals surface area contributed by atoms with E-state index in [0.29, 0.717) is 5.56 Å². The Balaban J connectivity index is 2.97. The molecule has 5 heteroatoms. The number of Topliss-reactive ketones (excluding diaryl/α,β-unsaturated/α-hetero) is 1. The molecule has 0 spiro atoms. The van der Waals surface area contributed by atoms with Gasteiger partial charge >= 0.3 is 0 Å². The molecule has 0 heterocycles. The molecule has 0 N–H and O–H groups in total. The van der Waals surface area contributed by atoms with Gasteiger partial charge in [-0.3, -0.25) is 8.98 Å². The van der Waals surface area contributed by atoms with Gasteiger partial charge in [0.15, 0.2) is 5.78 Å². The molecule has 1 atom stereocenters. The Morgan fingerprint density at radius 1 is 1.18 bits per heavy atom. The van der Waals surface area contributed by atoms with Crippen LogP contribution in [0.4, 0.5) is 0 Å². The number of hydrogen-bond acceptors (Lipinski definition) is 4. The first-order chi connectivity index (χ1) is 7.81. The first-order valence-corrected chi connectivity index (χ1v) is 7.10. The smallest absolute Gasteiger partial charge is 0.265 e. The lowest BCUT2D eigenvalue weighted by atomic mass is 9.98. The second kappa shape index (κ2) is 5.42. The predicted molar refractivity (Wildman–Crippen MR) is 65.3 cm³/mol. The molecule has 0 fully saturated rings. The lowest BCUT2D eigenvalue weighted by Gasteiger charge is -2.18. The first-order valence-electron chi connectivity index (χ1n) is 5.29. The summed E-state index contributed by atoms with van der Waals surface area (Å²) in [7, 11) is -3.64. The van der Waals surface area contributed by atoms with E-state index in [4.69, 9.17) is 4.18 Å². The summed E-state index contributed by atoms with van der Waals surface area (Å²) in [5.41, 5.74) is 0.454. The Morgan fingerprint density at radius 2 is 1.71 bits per heavy atom. The van der Waals surface area contributed by atoms with E-state index < -0.39 is 16.2 Å². The van der Waals surface area contributed by atoms with Gasteiger partial charge in [-0.15, -0.1) is 0 Å². The van der Waals surface area contributed by atoms with Crippen LogP contribution < -0.4 is 0 Å². The summed E-state index contributed by atoms with van der Waals surface area (Å²) in [4.78, 5) is 12.1. The minimum atomic E-state index is -3.64. The van der Waals surface area contributed by atoms with Crippen LogP contribution in [0.1, 0.15) is 24.2 Å². The van der Waals surface area contributed by atoms with Crippen molar-refractivity contribution in [1.29, 1.82) is 0 Å². The minimum absolute atomic E-state index is 0.211. The maximum Gasteiger partial charge on any atom is 0.265 e. The number of rotatable bonds is 5. The van der Waals surface area contributed by atoms with Crippen molar-refractivity contribution >= 4 is 15.9 Å². The van der Waals surface area contributed by atoms with Crippen molar-refractivity contribution in [2.45, 2.75) is 20.0 Å². The summed E-state index contributed by atoms with van der Waals surface area (Å²) in [5, 5.41) is 0. The van der Waals surface area contributed by atoms with Crippen molar-refractivity contribution < 1.29 is 17.4 Å². The second-order valence-corrected chi connectivity index (χ2v) is 5.80. The standard InChI is InChI=1S/C12H16O4S/c1-9(2)12(16-17(3,14)15)11(13)10-7-5-4-6-8-10/h4-9,12H,1-3H3. The molecule has 0 aliphatic heterocycles. The molecule has 1 aromatic rings. The fourth-order valence-corrected chi connectivity index (χ4v) is 2.10. The van der Waals surface area contributed by atoms with Crippen LogP contribution >= 0.6 is 0 Å². The van der Waals surface area contributed by atoms with Crippen LogP contribution in [0, 0.1) is 5.92 Å². The van der Waals surface area contributed by atoms with Gasteiger partial charge < -0.3 is 0 Å². The van der Waals surface area contributed by atoms with Crippen LogP contribution in [0.3, 0.4) is 0 Å². The largest absolute Gasteiger partial charge is 0.291 e. The van der Waals surface area contributed by atoms with E-state index in [1.165, 1.54) is 0 Å². The van der Waals surface area contributed by atoms with Gasteiger partial charge in [0.25, 0.3) is 10.1 Å². The zero-order valence-corrected chi connectivity index (χ0v) is 10.9. The number of carbonyl (C=O) groups is 1. The zero-order valence-electron chi connectivity index (χ0n) is 10.1. The molecule has 0 aliphatic rings. The molecule has 1 unspecified atom stereocenters. The highest BCUT2D eigenvalue weighted by Crippen LogP contribution is 2.15. The van der Waals surface area contributed by atoms with E-state index in [1.807, 2.05) is 0 Å². The lowest BCUT2D eigenvalue weighted by Crippen LogP contribution is -2.31. The molecule has 0 saturated carbocycles. The van der Waals surface area contributed by atoms with Crippen LogP contribution in [0.5, 0.6) is 0 Å². The van der Waals surface area contributed by atoms with Gasteiger partial charge in [-0.1, -0.05) is 44.2 Å². The highest BCUT2D eigenvalue weighted by atomic mass is 32.2. The van der Waals surface area contributed by atoms with Gasteiger partial charge in [-0.2, -0.15) is 8.42 Å². The van der Waals surface area contributed by atoms with Crippen molar-refractivity contribution in [3.05, 3.63) is 35.9 Å². The fourth-order valence-electron chi connectivity index (χ4n) is 1.41. The molecule has 94 valence electrons. The van der Waals surface area contributed by atoms with Crippen LogP contribution in [0.2, 0.25) is 0 Å². The summed E-state index contributed by atoms with van der Waals surface area (Å²) < 4.78 is 27.1. The lowest BCUT2D eigenvalue weighted by molar-refractivity contribution is 0.0726. The van der Waals surface area contributed by atoms with E-state index in [1.54, 1.807) is 44.2 Å². The van der Waals surface area contributed by atoms with Crippen LogP contribution in [0.25, 0.3) is 0 Å². The maximum atomic E-state index is 12.1. The molecular weight excluding hydrogens is 240 g/mol. The van der Waals surface area contributed by atoms with Crippen LogP contribution in [0.15, 0.2) is 30.3 Å². The Kier molecular flexibility index (Phi) is 4.42. The summed E-state index contributed by atoms with van der Waals surface area (Å²) in [5.74, 6) is -0.525. The molecule has 1 rings (SSSR count). The van der Waals surface area contributed by atoms with Crippen LogP contribution in [-0.4, -0.2) is 26.6 Å². The third-order valence-corrected chi connectivity index (χ3v) is 2.76. The number of carbonyl (C=O) groups excluding carboxylic acids is 1. The Hall–Kier alpha value is -1.20. The molecular formula is C12H16O4S. The molecule has 0 radical (unpaired) electrons. The molecule has 1 aromatic carbocycles. The molecule has 17 heavy (non-hydrogen) atoms. The van der Waals surface area contributed by atoms with Crippen molar-refractivity contribution in [1.82, 2.24) is 0 Å². The SMILES string of the molecule is CC(C)C(OS(C)(=O)=O)C(=O)c1ccccc1. The molecule has 0 bridgehead atoms. The molecule has 4 nitrogen and oxygen atoms in total. The van der Waals surface area contributed by atoms with Gasteiger partial charge in [0, 0.05) is 5.56 Å². The zero-order chi connectivity index (χ0) is 13.1. The average Bonchev–Trinajstić information content (AvgIpc) is 2.25. The van der Waals surface area contributed by atoms with E-state index in [-0.39, 0.29) is 11.7 Å². The Morgan fingerprint density at radius 3 is 2.12 bits per heavy atom. The number of hydrogen-bond donors (Lipinski definition) is 0. The van der Waals surface area contributed by atoms with Gasteiger partial charge in [0.05, 0.1) is 6.26 Å². The van der Waals surface area contributed by atoms with Gasteiger partial charge in [-0.25, -0.2) is 0 Å². The summed E-state index contributed by atoms with van der Waals surface area (Å²) in [6.07, 6.45) is -0.0203. The molecule has 0 amide bonds. The Bertz CT molecular complexity index is 476. The Labute approximate surface area is 102 Å². The van der Waals surface area contributed by atoms with E-state index in [0.717, 1.165) is 6.26 Å². The molecule has 0 aliphatic carbocycles. The number of ketones is 1. The van der Waals surface area contributed by atoms with E-state index >= 15 is 0 Å². The normalized spacial score (nSPS) is 13.6. The third kappa shape index (κ3) is 4.28. The number of benzene rings is 1. The minimum Gasteiger partial charge on any atom is -0.291 e. The van der Waals surface area contributed by atoms with Gasteiger partial charge in [0.2, 0.25) is 0 Å². The summed E-state index contributed by atoms with van der Waals surface area (Å²) >= 11 is 0. The fraction of sp³-hybridized carbons (Fsp3) is 0.417. The van der Waals surface area contributed by atoms with E-state index in [9.17, 15) is 13.2 Å². The van der Waals surface area contributed by atoms with Crippen molar-refractivity contribution in [2.24, 2.45) is 5.92 Å². The quantitative estimate of drug-likeness (QED) is 0.596. The van der Waals surface area contributed by atoms with Crippen molar-refractivity contribution in [2.75, 3.05) is 6.26 Å². The molecule has 0 saturated heterocycles. The maximum absolute atomic E-state index is 12.1. The predicted octanol–water partition coefficient (Wildman–Crippen LogP) is 1.87. The van der Waals surface area contributed by atoms with Crippen LogP contribution in [-0.2, 0) is 14.3 Å². The highest BCUT2D eigenvalue weighted by molar-refractivity contribution is 7.86. The summed E-state index contributed by atoms with van der Waals surface area (Å²) in [6, 6.07) is 8.53. The first kappa shape index (κ1) is 13.9. The van der Waals surface area contributed by atoms with Gasteiger partial charge in [-0.05, 0) is 5.92 Å². The topological polar surface area (TPSA) is 60.4 Å². The van der Waals surface area contributed by atoms with Gasteiger partial charge in [0.1, 0.15) is 6.10 Å². The van der Waals surface area contributed by atoms with Crippen molar-refractivity contribution in [3.63, 3.8) is 0 Å². The van der Waals surface area contributed by atoms with E-state index in [2.05, 4.69) is 0 Å². The highest BCUT2D eigenvalue weighted by Gasteiger charge is 2.27. The summed E-state index contributed by atoms with van der Waals surface area (Å²) in [6.45, 7) is 3.49. The third-order valence-electron chi connectivity index (χ3n) is 2.20. The second-order valence-electron chi connectivity index (χ2n) is 4.20. The van der Waals surface area contributed by atoms with Crippen molar-refractivity contribution in [3.8, 4) is 0 Å². The average molecular weight is 256 g/mol. The molecule has 0 aromatic heterocycles. The monoisotopic (exact) mass is 256 g/mol.